The number of rotatable bonds is 11. The van der Waals surface area contributed by atoms with E-state index in [4.69, 9.17) is 14.6 Å². The zero-order valence-corrected chi connectivity index (χ0v) is 16.2. The number of benzene rings is 1. The van der Waals surface area contributed by atoms with Crippen molar-refractivity contribution in [2.45, 2.75) is 38.2 Å². The molecule has 0 spiro atoms. The zero-order chi connectivity index (χ0) is 22.1. The molecule has 2 N–H and O–H groups in total. The number of ether oxygens (including phenoxy) is 2. The first-order valence-electron chi connectivity index (χ1n) is 9.46. The molecule has 7 nitrogen and oxygen atoms in total. The second-order valence-corrected chi connectivity index (χ2v) is 6.79. The average Bonchev–Trinajstić information content (AvgIpc) is 2.69. The van der Waals surface area contributed by atoms with Gasteiger partial charge in [-0.1, -0.05) is 6.42 Å². The highest BCUT2D eigenvalue weighted by atomic mass is 19.3. The van der Waals surface area contributed by atoms with Gasteiger partial charge in [0.25, 0.3) is 18.8 Å². The molecule has 0 aromatic heterocycles. The fourth-order valence-corrected chi connectivity index (χ4v) is 3.19. The van der Waals surface area contributed by atoms with E-state index in [-0.39, 0.29) is 36.2 Å². The molecular weight excluding hydrogens is 412 g/mol. The molecule has 1 unspecified atom stereocenters. The summed E-state index contributed by atoms with van der Waals surface area (Å²) in [7, 11) is 0. The van der Waals surface area contributed by atoms with Crippen LogP contribution in [0.2, 0.25) is 0 Å². The minimum Gasteiger partial charge on any atom is -0.488 e. The predicted molar refractivity (Wildman–Crippen MR) is 98.6 cm³/mol. The van der Waals surface area contributed by atoms with Gasteiger partial charge in [0, 0.05) is 12.6 Å². The third kappa shape index (κ3) is 7.69. The van der Waals surface area contributed by atoms with Gasteiger partial charge in [-0.15, -0.1) is 0 Å². The fraction of sp³-hybridized carbons (Fsp3) is 0.579. The summed E-state index contributed by atoms with van der Waals surface area (Å²) in [6.07, 6.45) is -3.05. The van der Waals surface area contributed by atoms with Crippen molar-refractivity contribution >= 4 is 11.9 Å². The SMILES string of the molecule is O=C(O)CN1CCCCC1CNC(=O)c1cc(OCC(F)F)ccc1OCC(F)F. The number of nitrogens with one attached hydrogen (secondary N) is 1. The number of carbonyl (C=O) groups excluding carboxylic acids is 1. The summed E-state index contributed by atoms with van der Waals surface area (Å²) in [6, 6.07) is 3.40. The number of hydrogen-bond acceptors (Lipinski definition) is 5. The van der Waals surface area contributed by atoms with E-state index in [0.29, 0.717) is 13.0 Å². The second-order valence-electron chi connectivity index (χ2n) is 6.79. The third-order valence-electron chi connectivity index (χ3n) is 4.52. The van der Waals surface area contributed by atoms with E-state index in [1.807, 2.05) is 0 Å². The molecule has 0 bridgehead atoms. The van der Waals surface area contributed by atoms with Gasteiger partial charge in [-0.2, -0.15) is 0 Å². The molecule has 0 aliphatic carbocycles. The van der Waals surface area contributed by atoms with Crippen LogP contribution in [0.3, 0.4) is 0 Å². The van der Waals surface area contributed by atoms with Gasteiger partial charge in [0.15, 0.2) is 0 Å². The molecule has 1 aliphatic rings. The normalized spacial score (nSPS) is 17.2. The molecular formula is C19H24F4N2O5. The van der Waals surface area contributed by atoms with Crippen LogP contribution < -0.4 is 14.8 Å². The minimum absolute atomic E-state index is 0.0324. The van der Waals surface area contributed by atoms with Crippen LogP contribution in [0.5, 0.6) is 11.5 Å². The molecule has 1 aromatic rings. The van der Waals surface area contributed by atoms with Gasteiger partial charge in [0.1, 0.15) is 24.7 Å². The Balaban J connectivity index is 2.09. The number of carboxylic acid groups (broad SMARTS) is 1. The van der Waals surface area contributed by atoms with E-state index in [1.54, 1.807) is 4.90 Å². The summed E-state index contributed by atoms with van der Waals surface area (Å²) in [5, 5.41) is 11.7. The van der Waals surface area contributed by atoms with E-state index in [9.17, 15) is 27.2 Å². The second kappa shape index (κ2) is 11.6. The number of aliphatic carboxylic acids is 1. The van der Waals surface area contributed by atoms with E-state index in [1.165, 1.54) is 12.1 Å². The Morgan fingerprint density at radius 1 is 1.13 bits per heavy atom. The van der Waals surface area contributed by atoms with Gasteiger partial charge in [0.05, 0.1) is 12.1 Å². The van der Waals surface area contributed by atoms with E-state index < -0.39 is 37.9 Å². The van der Waals surface area contributed by atoms with E-state index in [2.05, 4.69) is 5.32 Å². The van der Waals surface area contributed by atoms with Gasteiger partial charge < -0.3 is 19.9 Å². The molecule has 1 aromatic carbocycles. The molecule has 2 rings (SSSR count). The van der Waals surface area contributed by atoms with Crippen LogP contribution in [0, 0.1) is 0 Å². The number of likely N-dealkylation sites (tertiary alicyclic amines) is 1. The van der Waals surface area contributed by atoms with Crippen molar-refractivity contribution in [1.29, 1.82) is 0 Å². The largest absolute Gasteiger partial charge is 0.488 e. The average molecular weight is 436 g/mol. The van der Waals surface area contributed by atoms with Crippen molar-refractivity contribution in [2.24, 2.45) is 0 Å². The third-order valence-corrected chi connectivity index (χ3v) is 4.52. The predicted octanol–water partition coefficient (Wildman–Crippen LogP) is 2.64. The summed E-state index contributed by atoms with van der Waals surface area (Å²) in [5.74, 6) is -1.80. The highest BCUT2D eigenvalue weighted by Crippen LogP contribution is 2.25. The van der Waals surface area contributed by atoms with Crippen LogP contribution in [0.4, 0.5) is 17.6 Å². The molecule has 1 saturated heterocycles. The van der Waals surface area contributed by atoms with Crippen molar-refractivity contribution in [1.82, 2.24) is 10.2 Å². The summed E-state index contributed by atoms with van der Waals surface area (Å²) in [4.78, 5) is 25.4. The number of amides is 1. The smallest absolute Gasteiger partial charge is 0.317 e. The van der Waals surface area contributed by atoms with Crippen LogP contribution >= 0.6 is 0 Å². The molecule has 1 fully saturated rings. The van der Waals surface area contributed by atoms with Crippen LogP contribution in [-0.2, 0) is 4.79 Å². The van der Waals surface area contributed by atoms with Gasteiger partial charge in [-0.05, 0) is 37.6 Å². The fourth-order valence-electron chi connectivity index (χ4n) is 3.19. The number of nitrogens with zero attached hydrogens (tertiary/aromatic N) is 1. The Kier molecular flexibility index (Phi) is 9.15. The molecule has 0 saturated carbocycles. The maximum atomic E-state index is 12.7. The van der Waals surface area contributed by atoms with Crippen LogP contribution in [0.25, 0.3) is 0 Å². The standard InChI is InChI=1S/C19H24F4N2O5/c20-16(21)10-29-13-4-5-15(30-11-17(22)23)14(7-13)19(28)24-8-12-3-1-2-6-25(12)9-18(26)27/h4-5,7,12,16-17H,1-3,6,8-11H2,(H,24,28)(H,26,27). The number of carbonyl (C=O) groups is 2. The van der Waals surface area contributed by atoms with Crippen molar-refractivity contribution in [3.8, 4) is 11.5 Å². The molecule has 1 atom stereocenters. The quantitative estimate of drug-likeness (QED) is 0.519. The lowest BCUT2D eigenvalue weighted by molar-refractivity contribution is -0.139. The highest BCUT2D eigenvalue weighted by molar-refractivity contribution is 5.97. The number of halogens is 4. The lowest BCUT2D eigenvalue weighted by Gasteiger charge is -2.34. The maximum absolute atomic E-state index is 12.7. The summed E-state index contributed by atoms with van der Waals surface area (Å²) < 4.78 is 59.6. The van der Waals surface area contributed by atoms with Gasteiger partial charge in [-0.25, -0.2) is 17.6 Å². The lowest BCUT2D eigenvalue weighted by atomic mass is 10.0. The molecule has 0 radical (unpaired) electrons. The van der Waals surface area contributed by atoms with Gasteiger partial charge in [0.2, 0.25) is 0 Å². The molecule has 1 aliphatic heterocycles. The molecule has 168 valence electrons. The van der Waals surface area contributed by atoms with E-state index >= 15 is 0 Å². The van der Waals surface area contributed by atoms with Crippen molar-refractivity contribution < 1.29 is 41.7 Å². The van der Waals surface area contributed by atoms with Crippen molar-refractivity contribution in [3.63, 3.8) is 0 Å². The topological polar surface area (TPSA) is 88.1 Å². The Hall–Kier alpha value is -2.56. The monoisotopic (exact) mass is 436 g/mol. The lowest BCUT2D eigenvalue weighted by Crippen LogP contribution is -2.48. The molecule has 1 heterocycles. The Bertz CT molecular complexity index is 720. The summed E-state index contributed by atoms with van der Waals surface area (Å²) in [5.41, 5.74) is -0.136. The number of hydrogen-bond donors (Lipinski definition) is 2. The zero-order valence-electron chi connectivity index (χ0n) is 16.2. The first-order chi connectivity index (χ1) is 14.3. The molecule has 11 heteroatoms. The molecule has 1 amide bonds. The highest BCUT2D eigenvalue weighted by Gasteiger charge is 2.25. The Morgan fingerprint density at radius 3 is 2.50 bits per heavy atom. The first-order valence-corrected chi connectivity index (χ1v) is 9.46. The number of piperidine rings is 1. The van der Waals surface area contributed by atoms with Crippen LogP contribution in [0.15, 0.2) is 18.2 Å². The van der Waals surface area contributed by atoms with Crippen LogP contribution in [-0.4, -0.2) is 73.6 Å². The summed E-state index contributed by atoms with van der Waals surface area (Å²) in [6.45, 7) is -1.24. The number of carboxylic acids is 1. The Morgan fingerprint density at radius 2 is 1.83 bits per heavy atom. The van der Waals surface area contributed by atoms with Crippen molar-refractivity contribution in [2.75, 3.05) is 32.8 Å². The van der Waals surface area contributed by atoms with Gasteiger partial charge >= 0.3 is 5.97 Å². The summed E-state index contributed by atoms with van der Waals surface area (Å²) >= 11 is 0. The van der Waals surface area contributed by atoms with Crippen LogP contribution in [0.1, 0.15) is 29.6 Å². The molecule has 30 heavy (non-hydrogen) atoms. The van der Waals surface area contributed by atoms with Gasteiger partial charge in [-0.3, -0.25) is 14.5 Å². The maximum Gasteiger partial charge on any atom is 0.317 e. The Labute approximate surface area is 170 Å². The van der Waals surface area contributed by atoms with Crippen molar-refractivity contribution in [3.05, 3.63) is 23.8 Å². The van der Waals surface area contributed by atoms with E-state index in [0.717, 1.165) is 18.9 Å². The minimum atomic E-state index is -2.76. The number of alkyl halides is 4. The first kappa shape index (κ1) is 23.7.